The summed E-state index contributed by atoms with van der Waals surface area (Å²) in [7, 11) is 0. The van der Waals surface area contributed by atoms with Gasteiger partial charge in [-0.3, -0.25) is 24.6 Å². The minimum Gasteiger partial charge on any atom is -0.502 e. The van der Waals surface area contributed by atoms with Crippen LogP contribution >= 0.6 is 23.4 Å². The Kier molecular flexibility index (Phi) is 4.72. The molecule has 0 spiro atoms. The second kappa shape index (κ2) is 6.37. The fourth-order valence-electron chi connectivity index (χ4n) is 1.91. The number of nitro benzene ring substituents is 1. The van der Waals surface area contributed by atoms with Gasteiger partial charge < -0.3 is 5.11 Å². The zero-order valence-electron chi connectivity index (χ0n) is 11.4. The highest BCUT2D eigenvalue weighted by Crippen LogP contribution is 2.38. The van der Waals surface area contributed by atoms with E-state index in [-0.39, 0.29) is 15.5 Å². The molecule has 9 heteroatoms. The minimum atomic E-state index is -0.776. The monoisotopic (exact) mass is 342 g/mol. The lowest BCUT2D eigenvalue weighted by Crippen LogP contribution is -2.28. The standard InChI is InChI=1S/C13H11ClN2O5S/c1-2-3-15-12(18)10(22-13(15)19)5-7-4-8(14)6-9(11(7)17)16(20)21/h4-6,17H,2-3H2,1H3/b10-5+. The Morgan fingerprint density at radius 1 is 1.45 bits per heavy atom. The van der Waals surface area contributed by atoms with Gasteiger partial charge in [0, 0.05) is 23.2 Å². The average molecular weight is 343 g/mol. The van der Waals surface area contributed by atoms with Crippen molar-refractivity contribution in [2.24, 2.45) is 0 Å². The van der Waals surface area contributed by atoms with Crippen LogP contribution in [0, 0.1) is 10.1 Å². The number of imide groups is 1. The van der Waals surface area contributed by atoms with E-state index < -0.39 is 27.5 Å². The fourth-order valence-corrected chi connectivity index (χ4v) is 2.99. The quantitative estimate of drug-likeness (QED) is 0.511. The molecule has 7 nitrogen and oxygen atoms in total. The average Bonchev–Trinajstić information content (AvgIpc) is 2.70. The largest absolute Gasteiger partial charge is 0.502 e. The molecule has 1 aliphatic heterocycles. The van der Waals surface area contributed by atoms with Crippen molar-refractivity contribution in [3.05, 3.63) is 37.7 Å². The second-order valence-electron chi connectivity index (χ2n) is 4.45. The van der Waals surface area contributed by atoms with Crippen molar-refractivity contribution in [1.29, 1.82) is 0 Å². The van der Waals surface area contributed by atoms with Crippen LogP contribution in [0.5, 0.6) is 5.75 Å². The van der Waals surface area contributed by atoms with E-state index in [1.54, 1.807) is 0 Å². The Morgan fingerprint density at radius 2 is 2.14 bits per heavy atom. The minimum absolute atomic E-state index is 0.0150. The van der Waals surface area contributed by atoms with Gasteiger partial charge in [-0.2, -0.15) is 0 Å². The third-order valence-corrected chi connectivity index (χ3v) is 4.01. The van der Waals surface area contributed by atoms with Gasteiger partial charge in [0.25, 0.3) is 11.1 Å². The molecule has 116 valence electrons. The van der Waals surface area contributed by atoms with Gasteiger partial charge in [-0.1, -0.05) is 18.5 Å². The van der Waals surface area contributed by atoms with Crippen LogP contribution in [0.15, 0.2) is 17.0 Å². The topological polar surface area (TPSA) is 101 Å². The highest BCUT2D eigenvalue weighted by Gasteiger charge is 2.34. The number of hydrogen-bond donors (Lipinski definition) is 1. The molecule has 0 aliphatic carbocycles. The van der Waals surface area contributed by atoms with Gasteiger partial charge in [0.15, 0.2) is 0 Å². The van der Waals surface area contributed by atoms with Gasteiger partial charge in [-0.05, 0) is 30.3 Å². The molecule has 2 amide bonds. The Hall–Kier alpha value is -2.06. The number of aromatic hydroxyl groups is 1. The first-order chi connectivity index (χ1) is 10.3. The lowest BCUT2D eigenvalue weighted by atomic mass is 10.1. The molecule has 2 rings (SSSR count). The van der Waals surface area contributed by atoms with Crippen molar-refractivity contribution in [1.82, 2.24) is 4.90 Å². The molecule has 1 heterocycles. The van der Waals surface area contributed by atoms with Crippen LogP contribution < -0.4 is 0 Å². The van der Waals surface area contributed by atoms with Crippen LogP contribution in [0.3, 0.4) is 0 Å². The smallest absolute Gasteiger partial charge is 0.312 e. The number of phenols is 1. The molecule has 0 saturated carbocycles. The fraction of sp³-hybridized carbons (Fsp3) is 0.231. The SMILES string of the molecule is CCCN1C(=O)S/C(=C/c2cc(Cl)cc([N+](=O)[O-])c2O)C1=O. The first-order valence-electron chi connectivity index (χ1n) is 6.27. The summed E-state index contributed by atoms with van der Waals surface area (Å²) in [6.07, 6.45) is 1.86. The summed E-state index contributed by atoms with van der Waals surface area (Å²) in [5.41, 5.74) is -0.548. The molecule has 0 unspecified atom stereocenters. The van der Waals surface area contributed by atoms with Crippen molar-refractivity contribution in [2.45, 2.75) is 13.3 Å². The molecular formula is C13H11ClN2O5S. The maximum atomic E-state index is 12.1. The second-order valence-corrected chi connectivity index (χ2v) is 5.88. The number of nitrogens with zero attached hydrogens (tertiary/aromatic N) is 2. The van der Waals surface area contributed by atoms with E-state index in [2.05, 4.69) is 0 Å². The molecular weight excluding hydrogens is 332 g/mol. The van der Waals surface area contributed by atoms with Gasteiger partial charge in [-0.15, -0.1) is 0 Å². The van der Waals surface area contributed by atoms with Gasteiger partial charge in [0.05, 0.1) is 9.83 Å². The molecule has 1 aromatic rings. The molecule has 0 bridgehead atoms. The maximum absolute atomic E-state index is 12.1. The number of benzene rings is 1. The van der Waals surface area contributed by atoms with Crippen LogP contribution in [-0.4, -0.2) is 32.6 Å². The summed E-state index contributed by atoms with van der Waals surface area (Å²) in [6, 6.07) is 2.30. The third-order valence-electron chi connectivity index (χ3n) is 2.89. The van der Waals surface area contributed by atoms with E-state index in [0.717, 1.165) is 22.7 Å². The molecule has 0 aromatic heterocycles. The van der Waals surface area contributed by atoms with E-state index in [0.29, 0.717) is 13.0 Å². The number of thioether (sulfide) groups is 1. The van der Waals surface area contributed by atoms with Crippen molar-refractivity contribution >= 4 is 46.3 Å². The molecule has 0 radical (unpaired) electrons. The number of hydrogen-bond acceptors (Lipinski definition) is 6. The molecule has 1 aromatic carbocycles. The molecule has 1 N–H and O–H groups in total. The van der Waals surface area contributed by atoms with Crippen molar-refractivity contribution in [2.75, 3.05) is 6.54 Å². The number of nitro groups is 1. The molecule has 1 fully saturated rings. The molecule has 0 atom stereocenters. The van der Waals surface area contributed by atoms with Crippen LogP contribution in [0.4, 0.5) is 10.5 Å². The van der Waals surface area contributed by atoms with E-state index in [9.17, 15) is 24.8 Å². The number of carbonyl (C=O) groups is 2. The van der Waals surface area contributed by atoms with E-state index in [1.807, 2.05) is 6.92 Å². The summed E-state index contributed by atoms with van der Waals surface area (Å²) >= 11 is 6.50. The lowest BCUT2D eigenvalue weighted by Gasteiger charge is -2.09. The van der Waals surface area contributed by atoms with Gasteiger partial charge in [0.1, 0.15) is 0 Å². The Morgan fingerprint density at radius 3 is 2.73 bits per heavy atom. The van der Waals surface area contributed by atoms with Gasteiger partial charge >= 0.3 is 5.69 Å². The summed E-state index contributed by atoms with van der Waals surface area (Å²) in [5.74, 6) is -1.09. The highest BCUT2D eigenvalue weighted by molar-refractivity contribution is 8.18. The van der Waals surface area contributed by atoms with E-state index >= 15 is 0 Å². The lowest BCUT2D eigenvalue weighted by molar-refractivity contribution is -0.385. The number of amides is 2. The molecule has 1 aliphatic rings. The normalized spacial score (nSPS) is 16.6. The Labute approximate surface area is 134 Å². The number of phenolic OH excluding ortho intramolecular Hbond substituents is 1. The van der Waals surface area contributed by atoms with E-state index in [4.69, 9.17) is 11.6 Å². The Balaban J connectivity index is 2.44. The first kappa shape index (κ1) is 16.3. The number of halogens is 1. The number of carbonyl (C=O) groups excluding carboxylic acids is 2. The van der Waals surface area contributed by atoms with Crippen LogP contribution in [0.2, 0.25) is 5.02 Å². The van der Waals surface area contributed by atoms with Gasteiger partial charge in [0.2, 0.25) is 5.75 Å². The summed E-state index contributed by atoms with van der Waals surface area (Å²) in [6.45, 7) is 2.13. The van der Waals surface area contributed by atoms with E-state index in [1.165, 1.54) is 12.1 Å². The van der Waals surface area contributed by atoms with Crippen LogP contribution in [0.25, 0.3) is 6.08 Å². The predicted octanol–water partition coefficient (Wildman–Crippen LogP) is 3.40. The zero-order chi connectivity index (χ0) is 16.4. The first-order valence-corrected chi connectivity index (χ1v) is 7.46. The summed E-state index contributed by atoms with van der Waals surface area (Å²) in [5, 5.41) is 20.4. The third kappa shape index (κ3) is 3.07. The maximum Gasteiger partial charge on any atom is 0.312 e. The summed E-state index contributed by atoms with van der Waals surface area (Å²) < 4.78 is 0. The zero-order valence-corrected chi connectivity index (χ0v) is 13.0. The molecule has 22 heavy (non-hydrogen) atoms. The Bertz CT molecular complexity index is 704. The van der Waals surface area contributed by atoms with Crippen molar-refractivity contribution < 1.29 is 19.6 Å². The van der Waals surface area contributed by atoms with Crippen LogP contribution in [-0.2, 0) is 4.79 Å². The summed E-state index contributed by atoms with van der Waals surface area (Å²) in [4.78, 5) is 35.1. The predicted molar refractivity (Wildman–Crippen MR) is 82.7 cm³/mol. The van der Waals surface area contributed by atoms with Crippen LogP contribution in [0.1, 0.15) is 18.9 Å². The van der Waals surface area contributed by atoms with Crippen molar-refractivity contribution in [3.8, 4) is 5.75 Å². The highest BCUT2D eigenvalue weighted by atomic mass is 35.5. The molecule has 1 saturated heterocycles. The van der Waals surface area contributed by atoms with Crippen molar-refractivity contribution in [3.63, 3.8) is 0 Å². The number of rotatable bonds is 4. The van der Waals surface area contributed by atoms with Gasteiger partial charge in [-0.25, -0.2) is 0 Å².